The number of hydrogen-bond donors (Lipinski definition) is 0. The molecule has 0 nitrogen and oxygen atoms in total. The number of halogens is 1. The molecule has 35 heavy (non-hydrogen) atoms. The maximum absolute atomic E-state index is 15.4. The summed E-state index contributed by atoms with van der Waals surface area (Å²) in [6.45, 7) is 4.34. The van der Waals surface area contributed by atoms with E-state index in [1.807, 2.05) is 19.1 Å². The molecule has 0 amide bonds. The molecule has 0 N–H and O–H groups in total. The van der Waals surface area contributed by atoms with Crippen molar-refractivity contribution in [2.45, 2.75) is 90.9 Å². The van der Waals surface area contributed by atoms with Gasteiger partial charge in [0.1, 0.15) is 5.82 Å². The fourth-order valence-corrected chi connectivity index (χ4v) is 5.85. The Hall–Kier alpha value is -2.41. The summed E-state index contributed by atoms with van der Waals surface area (Å²) in [5, 5.41) is 1.70. The second-order valence-electron chi connectivity index (χ2n) is 10.7. The van der Waals surface area contributed by atoms with Gasteiger partial charge in [-0.15, -0.1) is 0 Å². The third kappa shape index (κ3) is 7.06. The van der Waals surface area contributed by atoms with Gasteiger partial charge in [0.15, 0.2) is 0 Å². The average Bonchev–Trinajstić information content (AvgIpc) is 2.89. The van der Waals surface area contributed by atoms with Crippen molar-refractivity contribution in [1.29, 1.82) is 0 Å². The zero-order valence-electron chi connectivity index (χ0n) is 21.9. The van der Waals surface area contributed by atoms with Gasteiger partial charge in [0, 0.05) is 10.9 Å². The van der Waals surface area contributed by atoms with E-state index in [4.69, 9.17) is 0 Å². The van der Waals surface area contributed by atoms with Crippen molar-refractivity contribution in [3.8, 4) is 11.1 Å². The Labute approximate surface area is 212 Å². The highest BCUT2D eigenvalue weighted by atomic mass is 19.1. The van der Waals surface area contributed by atoms with Gasteiger partial charge in [0.2, 0.25) is 0 Å². The molecule has 1 aliphatic carbocycles. The van der Waals surface area contributed by atoms with Gasteiger partial charge in [-0.25, -0.2) is 4.39 Å². The predicted molar refractivity (Wildman–Crippen MR) is 150 cm³/mol. The van der Waals surface area contributed by atoms with Gasteiger partial charge in [-0.1, -0.05) is 125 Å². The van der Waals surface area contributed by atoms with Gasteiger partial charge in [0.25, 0.3) is 0 Å². The Morgan fingerprint density at radius 1 is 0.800 bits per heavy atom. The summed E-state index contributed by atoms with van der Waals surface area (Å²) in [5.74, 6) is 1.77. The van der Waals surface area contributed by atoms with Crippen LogP contribution >= 0.6 is 0 Å². The molecular weight excluding hydrogens is 427 g/mol. The van der Waals surface area contributed by atoms with Crippen molar-refractivity contribution >= 4 is 10.8 Å². The highest BCUT2D eigenvalue weighted by Gasteiger charge is 2.20. The van der Waals surface area contributed by atoms with Crippen LogP contribution in [0.25, 0.3) is 21.9 Å². The van der Waals surface area contributed by atoms with Gasteiger partial charge >= 0.3 is 0 Å². The van der Waals surface area contributed by atoms with Crippen LogP contribution in [-0.2, 0) is 12.8 Å². The standard InChI is InChI=1S/C34H43F/c1-3-5-7-9-26-11-13-27(14-12-26)15-16-28-17-20-30(21-18-28)32-24-22-31-25-29(10-8-6-4-2)19-23-33(31)34(32)35/h4,6,17-27H,3,5,7-16H2,1-2H3/b6-4+. The van der Waals surface area contributed by atoms with E-state index in [2.05, 4.69) is 61.5 Å². The lowest BCUT2D eigenvalue weighted by Crippen LogP contribution is -2.15. The molecule has 0 spiro atoms. The first-order valence-corrected chi connectivity index (χ1v) is 14.1. The maximum Gasteiger partial charge on any atom is 0.138 e. The topological polar surface area (TPSA) is 0 Å². The van der Waals surface area contributed by atoms with E-state index in [0.717, 1.165) is 42.0 Å². The van der Waals surface area contributed by atoms with Crippen LogP contribution in [0.5, 0.6) is 0 Å². The van der Waals surface area contributed by atoms with Crippen LogP contribution in [0.2, 0.25) is 0 Å². The van der Waals surface area contributed by atoms with Crippen LogP contribution in [0.1, 0.15) is 89.2 Å². The van der Waals surface area contributed by atoms with Crippen LogP contribution in [0.3, 0.4) is 0 Å². The lowest BCUT2D eigenvalue weighted by molar-refractivity contribution is 0.249. The molecule has 0 aromatic heterocycles. The van der Waals surface area contributed by atoms with Crippen molar-refractivity contribution in [3.05, 3.63) is 83.7 Å². The molecule has 3 aromatic rings. The Kier molecular flexibility index (Phi) is 9.57. The summed E-state index contributed by atoms with van der Waals surface area (Å²) in [6.07, 6.45) is 20.0. The molecule has 0 atom stereocenters. The van der Waals surface area contributed by atoms with Crippen molar-refractivity contribution in [1.82, 2.24) is 0 Å². The van der Waals surface area contributed by atoms with E-state index >= 15 is 4.39 Å². The third-order valence-electron chi connectivity index (χ3n) is 8.14. The molecular formula is C34H43F. The highest BCUT2D eigenvalue weighted by Crippen LogP contribution is 2.35. The molecule has 0 saturated heterocycles. The summed E-state index contributed by atoms with van der Waals surface area (Å²) in [7, 11) is 0. The Bertz CT molecular complexity index is 1080. The van der Waals surface area contributed by atoms with Crippen molar-refractivity contribution in [2.75, 3.05) is 0 Å². The van der Waals surface area contributed by atoms with E-state index in [9.17, 15) is 0 Å². The number of rotatable bonds is 11. The lowest BCUT2D eigenvalue weighted by atomic mass is 9.78. The summed E-state index contributed by atoms with van der Waals surface area (Å²) < 4.78 is 15.4. The second-order valence-corrected chi connectivity index (χ2v) is 10.7. The van der Waals surface area contributed by atoms with Crippen LogP contribution in [0.4, 0.5) is 4.39 Å². The van der Waals surface area contributed by atoms with Gasteiger partial charge in [0.05, 0.1) is 0 Å². The Morgan fingerprint density at radius 2 is 1.51 bits per heavy atom. The van der Waals surface area contributed by atoms with E-state index in [1.165, 1.54) is 68.9 Å². The van der Waals surface area contributed by atoms with Crippen LogP contribution in [-0.4, -0.2) is 0 Å². The van der Waals surface area contributed by atoms with Gasteiger partial charge in [-0.3, -0.25) is 0 Å². The summed E-state index contributed by atoms with van der Waals surface area (Å²) >= 11 is 0. The minimum absolute atomic E-state index is 0.106. The van der Waals surface area contributed by atoms with E-state index in [0.29, 0.717) is 10.9 Å². The molecule has 0 unspecified atom stereocenters. The lowest BCUT2D eigenvalue weighted by Gasteiger charge is -2.28. The smallest absolute Gasteiger partial charge is 0.138 e. The van der Waals surface area contributed by atoms with Crippen molar-refractivity contribution in [2.24, 2.45) is 11.8 Å². The molecule has 1 heteroatoms. The normalized spacial score (nSPS) is 18.5. The van der Waals surface area contributed by atoms with Crippen LogP contribution < -0.4 is 0 Å². The minimum Gasteiger partial charge on any atom is -0.206 e. The fraction of sp³-hybridized carbons (Fsp3) is 0.471. The first-order valence-electron chi connectivity index (χ1n) is 14.1. The van der Waals surface area contributed by atoms with E-state index < -0.39 is 0 Å². The number of hydrogen-bond acceptors (Lipinski definition) is 0. The van der Waals surface area contributed by atoms with Gasteiger partial charge < -0.3 is 0 Å². The third-order valence-corrected chi connectivity index (χ3v) is 8.14. The average molecular weight is 471 g/mol. The zero-order chi connectivity index (χ0) is 24.5. The SMILES string of the molecule is C/C=C/CCc1ccc2c(F)c(-c3ccc(CCC4CCC(CCCCC)CC4)cc3)ccc2c1. The largest absolute Gasteiger partial charge is 0.206 e. The molecule has 1 aliphatic rings. The number of unbranched alkanes of at least 4 members (excludes halogenated alkanes) is 2. The van der Waals surface area contributed by atoms with E-state index in [1.54, 1.807) is 0 Å². The molecule has 4 rings (SSSR count). The predicted octanol–water partition coefficient (Wildman–Crippen LogP) is 10.5. The zero-order valence-corrected chi connectivity index (χ0v) is 21.9. The number of benzene rings is 3. The van der Waals surface area contributed by atoms with E-state index in [-0.39, 0.29) is 5.82 Å². The minimum atomic E-state index is -0.106. The molecule has 0 bridgehead atoms. The van der Waals surface area contributed by atoms with Crippen molar-refractivity contribution in [3.63, 3.8) is 0 Å². The van der Waals surface area contributed by atoms with Crippen LogP contribution in [0, 0.1) is 17.7 Å². The summed E-state index contributed by atoms with van der Waals surface area (Å²) in [5.41, 5.74) is 4.31. The monoisotopic (exact) mass is 470 g/mol. The van der Waals surface area contributed by atoms with Gasteiger partial charge in [-0.2, -0.15) is 0 Å². The Morgan fingerprint density at radius 3 is 2.23 bits per heavy atom. The quantitative estimate of drug-likeness (QED) is 0.193. The first-order chi connectivity index (χ1) is 17.2. The molecule has 1 saturated carbocycles. The first kappa shape index (κ1) is 25.7. The molecule has 0 aliphatic heterocycles. The number of allylic oxidation sites excluding steroid dienone is 2. The van der Waals surface area contributed by atoms with Crippen LogP contribution in [0.15, 0.2) is 66.7 Å². The molecule has 0 radical (unpaired) electrons. The second kappa shape index (κ2) is 13.1. The molecule has 186 valence electrons. The number of fused-ring (bicyclic) bond motifs is 1. The highest BCUT2D eigenvalue weighted by molar-refractivity contribution is 5.88. The summed E-state index contributed by atoms with van der Waals surface area (Å²) in [4.78, 5) is 0. The molecule has 1 fully saturated rings. The fourth-order valence-electron chi connectivity index (χ4n) is 5.85. The van der Waals surface area contributed by atoms with Gasteiger partial charge in [-0.05, 0) is 66.5 Å². The maximum atomic E-state index is 15.4. The van der Waals surface area contributed by atoms with Crippen molar-refractivity contribution < 1.29 is 4.39 Å². The number of aryl methyl sites for hydroxylation is 2. The molecule has 3 aromatic carbocycles. The molecule has 0 heterocycles. The summed E-state index contributed by atoms with van der Waals surface area (Å²) in [6, 6.07) is 18.8. The Balaban J connectivity index is 1.33.